The number of hydrogen-bond acceptors (Lipinski definition) is 8. The number of aliphatic hydroxyl groups is 1. The molecule has 11 heteroatoms. The Morgan fingerprint density at radius 2 is 2.03 bits per heavy atom. The van der Waals surface area contributed by atoms with Gasteiger partial charge >= 0.3 is 6.18 Å². The van der Waals surface area contributed by atoms with Gasteiger partial charge in [-0.1, -0.05) is 23.4 Å². The van der Waals surface area contributed by atoms with E-state index < -0.39 is 17.8 Å². The van der Waals surface area contributed by atoms with E-state index in [1.54, 1.807) is 17.4 Å². The summed E-state index contributed by atoms with van der Waals surface area (Å²) in [4.78, 5) is 14.5. The first-order chi connectivity index (χ1) is 18.2. The third-order valence-electron chi connectivity index (χ3n) is 6.94. The fraction of sp³-hybridized carbons (Fsp3) is 0.481. The van der Waals surface area contributed by atoms with E-state index in [0.29, 0.717) is 31.0 Å². The maximum Gasteiger partial charge on any atom is 0.417 e. The second-order valence-electron chi connectivity index (χ2n) is 9.94. The molecule has 204 valence electrons. The maximum atomic E-state index is 13.4. The van der Waals surface area contributed by atoms with Crippen LogP contribution < -0.4 is 4.74 Å². The molecule has 0 unspecified atom stereocenters. The molecule has 3 aromatic rings. The molecule has 5 rings (SSSR count). The van der Waals surface area contributed by atoms with Gasteiger partial charge in [-0.2, -0.15) is 13.2 Å². The van der Waals surface area contributed by atoms with Crippen LogP contribution in [0, 0.1) is 6.92 Å². The Labute approximate surface area is 223 Å². The summed E-state index contributed by atoms with van der Waals surface area (Å²) in [7, 11) is 0. The summed E-state index contributed by atoms with van der Waals surface area (Å²) in [6.45, 7) is 7.65. The average molecular weight is 549 g/mol. The van der Waals surface area contributed by atoms with Crippen LogP contribution in [0.2, 0.25) is 0 Å². The highest BCUT2D eigenvalue weighted by Gasteiger charge is 2.37. The molecule has 1 N–H and O–H groups in total. The Bertz CT molecular complexity index is 1300. The number of benzene rings is 2. The summed E-state index contributed by atoms with van der Waals surface area (Å²) in [5, 5.41) is 15.6. The van der Waals surface area contributed by atoms with E-state index in [2.05, 4.69) is 26.9 Å². The molecule has 7 nitrogen and oxygen atoms in total. The van der Waals surface area contributed by atoms with Crippen molar-refractivity contribution in [2.45, 2.75) is 44.7 Å². The SMILES string of the molecule is Cc1nc2cc(OC[C@H](O)CN3CCN(C[C@H]4CC(c5ccccc5C(F)(F)F)=NO4)[C@@H](C)C3)ccc2s1. The van der Waals surface area contributed by atoms with Gasteiger partial charge in [-0.3, -0.25) is 9.80 Å². The van der Waals surface area contributed by atoms with Crippen molar-refractivity contribution in [3.05, 3.63) is 58.6 Å². The van der Waals surface area contributed by atoms with Crippen molar-refractivity contribution in [1.29, 1.82) is 0 Å². The molecule has 0 radical (unpaired) electrons. The molecule has 0 amide bonds. The molecule has 38 heavy (non-hydrogen) atoms. The lowest BCUT2D eigenvalue weighted by Gasteiger charge is -2.41. The van der Waals surface area contributed by atoms with Crippen molar-refractivity contribution < 1.29 is 27.9 Å². The average Bonchev–Trinajstić information content (AvgIpc) is 3.49. The van der Waals surface area contributed by atoms with E-state index in [4.69, 9.17) is 9.57 Å². The highest BCUT2D eigenvalue weighted by Crippen LogP contribution is 2.34. The van der Waals surface area contributed by atoms with Crippen molar-refractivity contribution in [1.82, 2.24) is 14.8 Å². The lowest BCUT2D eigenvalue weighted by atomic mass is 9.98. The number of rotatable bonds is 8. The normalized spacial score (nSPS) is 21.9. The first-order valence-corrected chi connectivity index (χ1v) is 13.5. The standard InChI is InChI=1S/C27H31F3N4O3S/c1-17-13-33(14-19(35)16-36-20-7-8-26-25(11-20)31-18(2)38-26)9-10-34(17)15-21-12-24(32-37-21)22-5-3-4-6-23(22)27(28,29)30/h3-8,11,17,19,21,35H,9-10,12-16H2,1-2H3/t17-,19+,21+/m0/s1. The van der Waals surface area contributed by atoms with Gasteiger partial charge in [0.25, 0.3) is 0 Å². The van der Waals surface area contributed by atoms with Gasteiger partial charge in [0.2, 0.25) is 0 Å². The first-order valence-electron chi connectivity index (χ1n) is 12.7. The monoisotopic (exact) mass is 548 g/mol. The van der Waals surface area contributed by atoms with Crippen molar-refractivity contribution >= 4 is 27.3 Å². The molecule has 0 spiro atoms. The number of aromatic nitrogens is 1. The third kappa shape index (κ3) is 6.28. The second kappa shape index (κ2) is 11.2. The largest absolute Gasteiger partial charge is 0.491 e. The smallest absolute Gasteiger partial charge is 0.417 e. The summed E-state index contributed by atoms with van der Waals surface area (Å²) in [6, 6.07) is 11.5. The van der Waals surface area contributed by atoms with Crippen molar-refractivity contribution in [2.75, 3.05) is 39.3 Å². The number of piperazine rings is 1. The minimum atomic E-state index is -4.44. The molecule has 3 atom stereocenters. The van der Waals surface area contributed by atoms with E-state index in [9.17, 15) is 18.3 Å². The Hall–Kier alpha value is -2.73. The Balaban J connectivity index is 1.07. The summed E-state index contributed by atoms with van der Waals surface area (Å²) in [5.74, 6) is 0.691. The number of halogens is 3. The van der Waals surface area contributed by atoms with Crippen LogP contribution in [0.15, 0.2) is 47.6 Å². The zero-order valence-corrected chi connectivity index (χ0v) is 22.1. The minimum Gasteiger partial charge on any atom is -0.491 e. The molecule has 1 saturated heterocycles. The van der Waals surface area contributed by atoms with E-state index in [1.165, 1.54) is 12.1 Å². The van der Waals surface area contributed by atoms with Gasteiger partial charge in [-0.25, -0.2) is 4.98 Å². The van der Waals surface area contributed by atoms with Gasteiger partial charge in [0.15, 0.2) is 0 Å². The summed E-state index contributed by atoms with van der Waals surface area (Å²) in [6.07, 6.45) is -5.03. The second-order valence-corrected chi connectivity index (χ2v) is 11.2. The Morgan fingerprint density at radius 1 is 1.21 bits per heavy atom. The van der Waals surface area contributed by atoms with E-state index in [-0.39, 0.29) is 24.3 Å². The van der Waals surface area contributed by atoms with E-state index in [1.807, 2.05) is 25.1 Å². The van der Waals surface area contributed by atoms with Crippen LogP contribution in [0.5, 0.6) is 5.75 Å². The fourth-order valence-corrected chi connectivity index (χ4v) is 5.90. The van der Waals surface area contributed by atoms with Crippen molar-refractivity contribution in [2.24, 2.45) is 5.16 Å². The van der Waals surface area contributed by atoms with Crippen molar-refractivity contribution in [3.63, 3.8) is 0 Å². The van der Waals surface area contributed by atoms with E-state index >= 15 is 0 Å². The number of alkyl halides is 3. The molecule has 2 aromatic carbocycles. The van der Waals surface area contributed by atoms with Gasteiger partial charge in [0.1, 0.15) is 24.6 Å². The Morgan fingerprint density at radius 3 is 2.82 bits per heavy atom. The summed E-state index contributed by atoms with van der Waals surface area (Å²) in [5.41, 5.74) is 0.628. The zero-order chi connectivity index (χ0) is 26.9. The molecule has 0 bridgehead atoms. The highest BCUT2D eigenvalue weighted by molar-refractivity contribution is 7.18. The molecule has 0 aliphatic carbocycles. The van der Waals surface area contributed by atoms with Gasteiger partial charge in [-0.05, 0) is 32.0 Å². The van der Waals surface area contributed by atoms with Gasteiger partial charge < -0.3 is 14.7 Å². The number of aryl methyl sites for hydroxylation is 1. The first kappa shape index (κ1) is 26.9. The molecule has 3 heterocycles. The van der Waals surface area contributed by atoms with Crippen LogP contribution in [0.25, 0.3) is 10.2 Å². The highest BCUT2D eigenvalue weighted by atomic mass is 32.1. The number of oxime groups is 1. The lowest BCUT2D eigenvalue weighted by Crippen LogP contribution is -2.55. The molecule has 2 aliphatic heterocycles. The van der Waals surface area contributed by atoms with E-state index in [0.717, 1.165) is 40.9 Å². The van der Waals surface area contributed by atoms with Crippen LogP contribution >= 0.6 is 11.3 Å². The molecule has 1 aromatic heterocycles. The number of ether oxygens (including phenoxy) is 1. The molecular weight excluding hydrogens is 517 g/mol. The number of nitrogens with zero attached hydrogens (tertiary/aromatic N) is 4. The maximum absolute atomic E-state index is 13.4. The zero-order valence-electron chi connectivity index (χ0n) is 21.3. The van der Waals surface area contributed by atoms with Gasteiger partial charge in [0, 0.05) is 56.8 Å². The van der Waals surface area contributed by atoms with Crippen LogP contribution in [-0.4, -0.2) is 83.2 Å². The fourth-order valence-electron chi connectivity index (χ4n) is 5.09. The molecule has 0 saturated carbocycles. The number of fused-ring (bicyclic) bond motifs is 1. The quantitative estimate of drug-likeness (QED) is 0.445. The summed E-state index contributed by atoms with van der Waals surface area (Å²) < 4.78 is 47.1. The number of aliphatic hydroxyl groups excluding tert-OH is 1. The predicted molar refractivity (Wildman–Crippen MR) is 141 cm³/mol. The topological polar surface area (TPSA) is 70.4 Å². The van der Waals surface area contributed by atoms with Gasteiger partial charge in [0.05, 0.1) is 26.5 Å². The number of thiazole rings is 1. The predicted octanol–water partition coefficient (Wildman–Crippen LogP) is 4.56. The lowest BCUT2D eigenvalue weighted by molar-refractivity contribution is -0.137. The number of hydrogen-bond donors (Lipinski definition) is 1. The molecule has 1 fully saturated rings. The van der Waals surface area contributed by atoms with Crippen LogP contribution in [0.3, 0.4) is 0 Å². The van der Waals surface area contributed by atoms with Crippen LogP contribution in [0.1, 0.15) is 29.5 Å². The number of β-amino-alcohol motifs (C(OH)–C–C–N with tert-alkyl or cyclic N) is 1. The third-order valence-corrected chi connectivity index (χ3v) is 7.89. The van der Waals surface area contributed by atoms with Crippen LogP contribution in [0.4, 0.5) is 13.2 Å². The minimum absolute atomic E-state index is 0.0817. The Kier molecular flexibility index (Phi) is 7.90. The van der Waals surface area contributed by atoms with Crippen molar-refractivity contribution in [3.8, 4) is 5.75 Å². The van der Waals surface area contributed by atoms with Gasteiger partial charge in [-0.15, -0.1) is 11.3 Å². The molecule has 2 aliphatic rings. The molecular formula is C27H31F3N4O3S. The summed E-state index contributed by atoms with van der Waals surface area (Å²) >= 11 is 1.64. The van der Waals surface area contributed by atoms with Crippen LogP contribution in [-0.2, 0) is 11.0 Å².